The number of nitrogens with zero attached hydrogens (tertiary/aromatic N) is 2. The van der Waals surface area contributed by atoms with Gasteiger partial charge in [0.25, 0.3) is 16.5 Å². The second kappa shape index (κ2) is 3.43. The van der Waals surface area contributed by atoms with Crippen molar-refractivity contribution in [3.63, 3.8) is 0 Å². The molecule has 0 saturated heterocycles. The topological polar surface area (TPSA) is 105 Å². The summed E-state index contributed by atoms with van der Waals surface area (Å²) in [5, 5.41) is 16.4. The van der Waals surface area contributed by atoms with Crippen LogP contribution in [-0.2, 0) is 9.68 Å². The van der Waals surface area contributed by atoms with Crippen LogP contribution in [0.2, 0.25) is 0 Å². The monoisotopic (exact) mass is 151 g/mol. The van der Waals surface area contributed by atoms with Gasteiger partial charge >= 0.3 is 0 Å². The Balaban J connectivity index is 3.53. The maximum atomic E-state index is 9.43. The first-order valence-corrected chi connectivity index (χ1v) is 1.98. The molecule has 0 aliphatic rings. The van der Waals surface area contributed by atoms with Gasteiger partial charge in [0.05, 0.1) is 0 Å². The van der Waals surface area contributed by atoms with E-state index < -0.39 is 16.5 Å². The minimum atomic E-state index is -1.73. The van der Waals surface area contributed by atoms with Crippen LogP contribution in [-0.4, -0.2) is 16.5 Å². The molecule has 0 aromatic carbocycles. The van der Waals surface area contributed by atoms with E-state index in [9.17, 15) is 20.2 Å². The predicted octanol–water partition coefficient (Wildman–Crippen LogP) is -0.437. The van der Waals surface area contributed by atoms with Crippen LogP contribution < -0.4 is 0 Å². The standard InChI is InChI=1S/C2H3N2O6/c1-2(9-3(5)6)10-4(7)8/h2H,1H2. The molecule has 0 spiro atoms. The van der Waals surface area contributed by atoms with Crippen molar-refractivity contribution in [1.82, 2.24) is 0 Å². The first-order valence-electron chi connectivity index (χ1n) is 1.98. The Kier molecular flexibility index (Phi) is 2.88. The predicted molar refractivity (Wildman–Crippen MR) is 25.3 cm³/mol. The second-order valence-corrected chi connectivity index (χ2v) is 1.09. The van der Waals surface area contributed by atoms with Crippen LogP contribution in [0, 0.1) is 27.2 Å². The summed E-state index contributed by atoms with van der Waals surface area (Å²) in [5.41, 5.74) is 0. The van der Waals surface area contributed by atoms with Crippen LogP contribution in [0.25, 0.3) is 0 Å². The number of hydrogen-bond acceptors (Lipinski definition) is 6. The Morgan fingerprint density at radius 2 is 1.50 bits per heavy atom. The van der Waals surface area contributed by atoms with Gasteiger partial charge in [0.1, 0.15) is 0 Å². The lowest BCUT2D eigenvalue weighted by Gasteiger charge is -2.04. The van der Waals surface area contributed by atoms with Crippen LogP contribution in [0.5, 0.6) is 0 Å². The van der Waals surface area contributed by atoms with Gasteiger partial charge in [0, 0.05) is 6.92 Å². The van der Waals surface area contributed by atoms with Gasteiger partial charge in [-0.05, 0) is 0 Å². The molecular formula is C2H3N2O6. The van der Waals surface area contributed by atoms with Gasteiger partial charge in [0.15, 0.2) is 0 Å². The average Bonchev–Trinajstić information content (AvgIpc) is 1.58. The smallest absolute Gasteiger partial charge is 0.283 e. The van der Waals surface area contributed by atoms with Crippen LogP contribution in [0.4, 0.5) is 0 Å². The van der Waals surface area contributed by atoms with E-state index in [4.69, 9.17) is 0 Å². The summed E-state index contributed by atoms with van der Waals surface area (Å²) in [6.07, 6.45) is -1.73. The van der Waals surface area contributed by atoms with E-state index in [0.717, 1.165) is 0 Å². The molecule has 0 rings (SSSR count). The summed E-state index contributed by atoms with van der Waals surface area (Å²) in [4.78, 5) is 25.9. The zero-order valence-corrected chi connectivity index (χ0v) is 4.63. The van der Waals surface area contributed by atoms with Gasteiger partial charge in [-0.2, -0.15) is 0 Å². The molecule has 0 fully saturated rings. The minimum absolute atomic E-state index is 1.23. The molecule has 0 unspecified atom stereocenters. The molecule has 57 valence electrons. The highest BCUT2D eigenvalue weighted by atomic mass is 17.0. The Hall–Kier alpha value is -1.60. The van der Waals surface area contributed by atoms with E-state index >= 15 is 0 Å². The Morgan fingerprint density at radius 1 is 1.20 bits per heavy atom. The van der Waals surface area contributed by atoms with E-state index in [-0.39, 0.29) is 0 Å². The third-order valence-electron chi connectivity index (χ3n) is 0.407. The van der Waals surface area contributed by atoms with E-state index in [1.165, 1.54) is 0 Å². The maximum absolute atomic E-state index is 9.43. The molecule has 0 heterocycles. The lowest BCUT2D eigenvalue weighted by Crippen LogP contribution is -2.20. The third-order valence-corrected chi connectivity index (χ3v) is 0.407. The highest BCUT2D eigenvalue weighted by Gasteiger charge is 2.10. The van der Waals surface area contributed by atoms with Crippen molar-refractivity contribution >= 4 is 0 Å². The lowest BCUT2D eigenvalue weighted by molar-refractivity contribution is -0.846. The Bertz CT molecular complexity index is 129. The second-order valence-electron chi connectivity index (χ2n) is 1.09. The van der Waals surface area contributed by atoms with Gasteiger partial charge in [-0.15, -0.1) is 20.2 Å². The largest absolute Gasteiger partial charge is 0.296 e. The number of rotatable bonds is 4. The summed E-state index contributed by atoms with van der Waals surface area (Å²) in [7, 11) is 0. The molecule has 0 aliphatic heterocycles. The van der Waals surface area contributed by atoms with Gasteiger partial charge in [-0.1, -0.05) is 0 Å². The van der Waals surface area contributed by atoms with Crippen molar-refractivity contribution in [2.24, 2.45) is 0 Å². The van der Waals surface area contributed by atoms with Crippen LogP contribution in [0.1, 0.15) is 0 Å². The molecular weight excluding hydrogens is 148 g/mol. The SMILES string of the molecule is [CH2]C(O[N+](=O)[O-])O[N+](=O)[O-]. The molecule has 0 amide bonds. The zero-order chi connectivity index (χ0) is 8.15. The average molecular weight is 151 g/mol. The fraction of sp³-hybridized carbons (Fsp3) is 0.500. The van der Waals surface area contributed by atoms with Crippen molar-refractivity contribution in [2.45, 2.75) is 6.29 Å². The molecule has 0 aliphatic carbocycles. The van der Waals surface area contributed by atoms with Crippen LogP contribution in [0.3, 0.4) is 0 Å². The van der Waals surface area contributed by atoms with E-state index in [1.807, 2.05) is 0 Å². The highest BCUT2D eigenvalue weighted by Crippen LogP contribution is 1.91. The summed E-state index contributed by atoms with van der Waals surface area (Å²) in [5.74, 6) is 0. The summed E-state index contributed by atoms with van der Waals surface area (Å²) in [6, 6.07) is 0. The lowest BCUT2D eigenvalue weighted by atomic mass is 10.8. The van der Waals surface area contributed by atoms with E-state index in [2.05, 4.69) is 16.6 Å². The van der Waals surface area contributed by atoms with Crippen molar-refractivity contribution < 1.29 is 19.8 Å². The molecule has 8 nitrogen and oxygen atoms in total. The van der Waals surface area contributed by atoms with E-state index in [0.29, 0.717) is 0 Å². The first-order chi connectivity index (χ1) is 4.52. The summed E-state index contributed by atoms with van der Waals surface area (Å²) in [6.45, 7) is 2.79. The van der Waals surface area contributed by atoms with Gasteiger partial charge in [0.2, 0.25) is 0 Å². The van der Waals surface area contributed by atoms with Gasteiger partial charge in [-0.25, -0.2) is 0 Å². The maximum Gasteiger partial charge on any atom is 0.296 e. The molecule has 0 bridgehead atoms. The van der Waals surface area contributed by atoms with Crippen LogP contribution in [0.15, 0.2) is 0 Å². The quantitative estimate of drug-likeness (QED) is 0.306. The van der Waals surface area contributed by atoms with Crippen molar-refractivity contribution in [3.8, 4) is 0 Å². The van der Waals surface area contributed by atoms with Gasteiger partial charge in [-0.3, -0.25) is 9.68 Å². The van der Waals surface area contributed by atoms with Crippen molar-refractivity contribution in [2.75, 3.05) is 0 Å². The summed E-state index contributed by atoms with van der Waals surface area (Å²) >= 11 is 0. The normalized spacial score (nSPS) is 9.00. The molecule has 0 aromatic heterocycles. The Morgan fingerprint density at radius 3 is 1.70 bits per heavy atom. The molecule has 0 saturated carbocycles. The summed E-state index contributed by atoms with van der Waals surface area (Å²) < 4.78 is 0. The molecule has 8 heteroatoms. The van der Waals surface area contributed by atoms with E-state index in [1.54, 1.807) is 0 Å². The van der Waals surface area contributed by atoms with Crippen molar-refractivity contribution in [1.29, 1.82) is 0 Å². The zero-order valence-electron chi connectivity index (χ0n) is 4.63. The molecule has 0 aromatic rings. The number of hydrogen-bond donors (Lipinski definition) is 0. The van der Waals surface area contributed by atoms with Crippen LogP contribution >= 0.6 is 0 Å². The Labute approximate surface area is 54.5 Å². The minimum Gasteiger partial charge on any atom is -0.283 e. The fourth-order valence-electron chi connectivity index (χ4n) is 0.211. The fourth-order valence-corrected chi connectivity index (χ4v) is 0.211. The van der Waals surface area contributed by atoms with Gasteiger partial charge < -0.3 is 0 Å². The molecule has 0 atom stereocenters. The highest BCUT2D eigenvalue weighted by molar-refractivity contribution is 4.34. The molecule has 0 N–H and O–H groups in total. The first kappa shape index (κ1) is 8.40. The molecule has 1 radical (unpaired) electrons. The van der Waals surface area contributed by atoms with Crippen molar-refractivity contribution in [3.05, 3.63) is 27.2 Å². The molecule has 10 heavy (non-hydrogen) atoms. The third kappa shape index (κ3) is 4.56.